The van der Waals surface area contributed by atoms with Crippen LogP contribution >= 0.6 is 0 Å². The molecular formula is C8H13NO6. The Morgan fingerprint density at radius 1 is 1.27 bits per heavy atom. The number of hydrogen-bond donors (Lipinski definition) is 0. The van der Waals surface area contributed by atoms with Crippen molar-refractivity contribution >= 4 is 11.9 Å². The highest BCUT2D eigenvalue weighted by Gasteiger charge is 2.34. The fourth-order valence-electron chi connectivity index (χ4n) is 0.860. The molecule has 0 aliphatic rings. The second kappa shape index (κ2) is 6.74. The molecule has 0 spiro atoms. The monoisotopic (exact) mass is 219 g/mol. The van der Waals surface area contributed by atoms with Gasteiger partial charge in [0.15, 0.2) is 0 Å². The zero-order chi connectivity index (χ0) is 11.8. The van der Waals surface area contributed by atoms with E-state index in [4.69, 9.17) is 0 Å². The lowest BCUT2D eigenvalue weighted by Crippen LogP contribution is -2.34. The second-order valence-corrected chi connectivity index (χ2v) is 2.56. The molecule has 0 N–H and O–H groups in total. The summed E-state index contributed by atoms with van der Waals surface area (Å²) in [6, 6.07) is -1.68. The number of nitrogens with zero attached hydrogens (tertiary/aromatic N) is 1. The van der Waals surface area contributed by atoms with Crippen LogP contribution in [0.1, 0.15) is 20.3 Å². The van der Waals surface area contributed by atoms with Crippen molar-refractivity contribution in [2.24, 2.45) is 0 Å². The highest BCUT2D eigenvalue weighted by molar-refractivity contribution is 5.81. The van der Waals surface area contributed by atoms with E-state index in [0.29, 0.717) is 0 Å². The van der Waals surface area contributed by atoms with Crippen molar-refractivity contribution in [3.05, 3.63) is 10.1 Å². The van der Waals surface area contributed by atoms with E-state index in [9.17, 15) is 19.7 Å². The summed E-state index contributed by atoms with van der Waals surface area (Å²) in [5.74, 6) is -1.80. The lowest BCUT2D eigenvalue weighted by Gasteiger charge is -2.07. The fourth-order valence-corrected chi connectivity index (χ4v) is 0.860. The van der Waals surface area contributed by atoms with Crippen LogP contribution in [0.2, 0.25) is 0 Å². The van der Waals surface area contributed by atoms with E-state index >= 15 is 0 Å². The van der Waals surface area contributed by atoms with Crippen molar-refractivity contribution in [2.45, 2.75) is 26.3 Å². The molecule has 0 aliphatic carbocycles. The van der Waals surface area contributed by atoms with E-state index in [0.717, 1.165) is 0 Å². The van der Waals surface area contributed by atoms with E-state index in [1.807, 2.05) is 0 Å². The third-order valence-corrected chi connectivity index (χ3v) is 1.48. The van der Waals surface area contributed by atoms with Crippen molar-refractivity contribution in [1.82, 2.24) is 0 Å². The number of carbonyl (C=O) groups excluding carboxylic acids is 2. The molecule has 0 fully saturated rings. The lowest BCUT2D eigenvalue weighted by atomic mass is 10.2. The van der Waals surface area contributed by atoms with Crippen LogP contribution in [0.5, 0.6) is 0 Å². The number of hydrogen-bond acceptors (Lipinski definition) is 6. The van der Waals surface area contributed by atoms with Gasteiger partial charge in [0, 0.05) is 4.92 Å². The Bertz CT molecular complexity index is 252. The molecule has 0 aromatic carbocycles. The highest BCUT2D eigenvalue weighted by atomic mass is 16.6. The van der Waals surface area contributed by atoms with Crippen molar-refractivity contribution in [1.29, 1.82) is 0 Å². The van der Waals surface area contributed by atoms with Crippen LogP contribution in [0.3, 0.4) is 0 Å². The van der Waals surface area contributed by atoms with Gasteiger partial charge in [-0.25, -0.2) is 4.79 Å². The molecule has 0 saturated heterocycles. The summed E-state index contributed by atoms with van der Waals surface area (Å²) in [6.07, 6.45) is -0.598. The smallest absolute Gasteiger partial charge is 0.382 e. The first-order valence-corrected chi connectivity index (χ1v) is 4.48. The van der Waals surface area contributed by atoms with Crippen LogP contribution in [0.4, 0.5) is 0 Å². The van der Waals surface area contributed by atoms with Gasteiger partial charge >= 0.3 is 18.0 Å². The Labute approximate surface area is 86.5 Å². The van der Waals surface area contributed by atoms with E-state index in [1.165, 1.54) is 6.92 Å². The Hall–Kier alpha value is -1.66. The topological polar surface area (TPSA) is 95.7 Å². The van der Waals surface area contributed by atoms with Gasteiger partial charge < -0.3 is 9.47 Å². The van der Waals surface area contributed by atoms with Gasteiger partial charge in [-0.15, -0.1) is 0 Å². The molecule has 7 heteroatoms. The number of carbonyl (C=O) groups is 2. The number of rotatable bonds is 6. The number of ether oxygens (including phenoxy) is 2. The Balaban J connectivity index is 4.34. The van der Waals surface area contributed by atoms with Gasteiger partial charge in [-0.05, 0) is 13.8 Å². The molecule has 0 bridgehead atoms. The van der Waals surface area contributed by atoms with Crippen LogP contribution in [0, 0.1) is 10.1 Å². The summed E-state index contributed by atoms with van der Waals surface area (Å²) in [5.41, 5.74) is 0. The third-order valence-electron chi connectivity index (χ3n) is 1.48. The highest BCUT2D eigenvalue weighted by Crippen LogP contribution is 2.02. The molecule has 0 amide bonds. The fraction of sp³-hybridized carbons (Fsp3) is 0.750. The second-order valence-electron chi connectivity index (χ2n) is 2.56. The van der Waals surface area contributed by atoms with Crippen molar-refractivity contribution in [3.8, 4) is 0 Å². The minimum absolute atomic E-state index is 0.0337. The molecule has 15 heavy (non-hydrogen) atoms. The van der Waals surface area contributed by atoms with Crippen molar-refractivity contribution in [3.63, 3.8) is 0 Å². The van der Waals surface area contributed by atoms with E-state index in [2.05, 4.69) is 9.47 Å². The summed E-state index contributed by atoms with van der Waals surface area (Å²) in [7, 11) is 0. The van der Waals surface area contributed by atoms with E-state index in [1.54, 1.807) is 6.92 Å². The third kappa shape index (κ3) is 4.94. The first kappa shape index (κ1) is 13.3. The van der Waals surface area contributed by atoms with Gasteiger partial charge in [-0.2, -0.15) is 0 Å². The molecule has 0 saturated carbocycles. The minimum Gasteiger partial charge on any atom is -0.466 e. The van der Waals surface area contributed by atoms with Gasteiger partial charge in [-0.1, -0.05) is 0 Å². The van der Waals surface area contributed by atoms with Gasteiger partial charge in [-0.3, -0.25) is 14.9 Å². The Kier molecular flexibility index (Phi) is 6.00. The number of nitro groups is 1. The maximum Gasteiger partial charge on any atom is 0.382 e. The molecule has 0 aromatic rings. The largest absolute Gasteiger partial charge is 0.466 e. The van der Waals surface area contributed by atoms with Crippen LogP contribution in [-0.4, -0.2) is 36.1 Å². The van der Waals surface area contributed by atoms with Gasteiger partial charge in [0.25, 0.3) is 0 Å². The molecule has 86 valence electrons. The van der Waals surface area contributed by atoms with Crippen molar-refractivity contribution in [2.75, 3.05) is 13.2 Å². The van der Waals surface area contributed by atoms with Crippen LogP contribution in [0.15, 0.2) is 0 Å². The Morgan fingerprint density at radius 3 is 2.20 bits per heavy atom. The van der Waals surface area contributed by atoms with Gasteiger partial charge in [0.05, 0.1) is 13.2 Å². The van der Waals surface area contributed by atoms with E-state index < -0.39 is 29.3 Å². The predicted octanol–water partition coefficient (Wildman–Crippen LogP) is 0.148. The maximum absolute atomic E-state index is 11.1. The first-order valence-electron chi connectivity index (χ1n) is 4.48. The molecule has 0 heterocycles. The predicted molar refractivity (Wildman–Crippen MR) is 48.7 cm³/mol. The molecule has 0 aromatic heterocycles. The SMILES string of the molecule is CCOC(=O)C[C@H](C(=O)OCC)[N+](=O)[O-]. The summed E-state index contributed by atoms with van der Waals surface area (Å²) in [6.45, 7) is 3.25. The van der Waals surface area contributed by atoms with Crippen LogP contribution in [-0.2, 0) is 19.1 Å². The molecule has 0 rings (SSSR count). The summed E-state index contributed by atoms with van der Waals surface area (Å²) < 4.78 is 8.96. The van der Waals surface area contributed by atoms with Crippen LogP contribution < -0.4 is 0 Å². The van der Waals surface area contributed by atoms with Crippen LogP contribution in [0.25, 0.3) is 0 Å². The molecule has 0 radical (unpaired) electrons. The number of esters is 2. The van der Waals surface area contributed by atoms with E-state index in [-0.39, 0.29) is 13.2 Å². The summed E-state index contributed by atoms with van der Waals surface area (Å²) in [4.78, 5) is 31.6. The molecule has 7 nitrogen and oxygen atoms in total. The minimum atomic E-state index is -1.68. The van der Waals surface area contributed by atoms with Crippen molar-refractivity contribution < 1.29 is 24.0 Å². The first-order chi connectivity index (χ1) is 7.02. The van der Waals surface area contributed by atoms with Gasteiger partial charge in [0.1, 0.15) is 6.42 Å². The lowest BCUT2D eigenvalue weighted by molar-refractivity contribution is -0.509. The summed E-state index contributed by atoms with van der Waals surface area (Å²) in [5, 5.41) is 10.5. The molecule has 0 aliphatic heterocycles. The zero-order valence-electron chi connectivity index (χ0n) is 8.60. The maximum atomic E-state index is 11.1. The Morgan fingerprint density at radius 2 is 1.80 bits per heavy atom. The molecule has 1 atom stereocenters. The zero-order valence-corrected chi connectivity index (χ0v) is 8.60. The molecular weight excluding hydrogens is 206 g/mol. The normalized spacial score (nSPS) is 11.6. The van der Waals surface area contributed by atoms with Gasteiger partial charge in [0.2, 0.25) is 0 Å². The average molecular weight is 219 g/mol. The summed E-state index contributed by atoms with van der Waals surface area (Å²) >= 11 is 0. The average Bonchev–Trinajstić information content (AvgIpc) is 2.14. The standard InChI is InChI=1S/C8H13NO6/c1-3-14-7(10)5-6(9(12)13)8(11)15-4-2/h6H,3-5H2,1-2H3/t6-/m1/s1. The molecule has 0 unspecified atom stereocenters. The quantitative estimate of drug-likeness (QED) is 0.358.